The Morgan fingerprint density at radius 1 is 0.472 bits per heavy atom. The number of carbonyl (C=O) groups is 2. The Morgan fingerprint density at radius 2 is 0.750 bits per heavy atom. The van der Waals surface area contributed by atoms with Crippen LogP contribution in [0.5, 0.6) is 0 Å². The van der Waals surface area contributed by atoms with Crippen LogP contribution in [0.3, 0.4) is 0 Å². The van der Waals surface area contributed by atoms with E-state index in [1.54, 1.807) is 11.8 Å². The van der Waals surface area contributed by atoms with E-state index in [0.29, 0.717) is 37.6 Å². The van der Waals surface area contributed by atoms with Crippen molar-refractivity contribution >= 4 is 23.7 Å². The highest BCUT2D eigenvalue weighted by Gasteiger charge is 2.06. The van der Waals surface area contributed by atoms with Crippen molar-refractivity contribution in [3.8, 4) is 0 Å². The molecule has 0 radical (unpaired) electrons. The van der Waals surface area contributed by atoms with E-state index in [1.807, 2.05) is 0 Å². The van der Waals surface area contributed by atoms with Crippen LogP contribution in [0.2, 0.25) is 0 Å². The lowest BCUT2D eigenvalue weighted by atomic mass is 10.1. The zero-order valence-electron chi connectivity index (χ0n) is 23.4. The minimum absolute atomic E-state index is 0. The molecule has 216 valence electrons. The summed E-state index contributed by atoms with van der Waals surface area (Å²) in [6, 6.07) is 0. The highest BCUT2D eigenvalue weighted by atomic mass is 32.2. The molecular weight excluding hydrogens is 468 g/mol. The first-order valence-electron chi connectivity index (χ1n) is 15.1. The molecule has 0 aliphatic rings. The SMILES string of the molecule is C.CCCCCCCCCCCCOC(=O)CCSCCC(=O)OCCCCCCCCCCCC. The number of thioether (sulfide) groups is 1. The minimum atomic E-state index is -0.114. The van der Waals surface area contributed by atoms with Gasteiger partial charge in [0.2, 0.25) is 0 Å². The lowest BCUT2D eigenvalue weighted by Gasteiger charge is -2.06. The van der Waals surface area contributed by atoms with Crippen molar-refractivity contribution in [2.75, 3.05) is 24.7 Å². The molecule has 0 unspecified atom stereocenters. The second kappa shape index (κ2) is 32.3. The van der Waals surface area contributed by atoms with Gasteiger partial charge in [0.1, 0.15) is 0 Å². The zero-order chi connectivity index (χ0) is 25.7. The van der Waals surface area contributed by atoms with Gasteiger partial charge in [-0.05, 0) is 12.8 Å². The first-order chi connectivity index (χ1) is 17.2. The molecule has 0 fully saturated rings. The Hall–Kier alpha value is -0.710. The number of ether oxygens (including phenoxy) is 2. The number of esters is 2. The molecule has 5 heteroatoms. The molecule has 0 N–H and O–H groups in total. The first-order valence-corrected chi connectivity index (χ1v) is 16.2. The van der Waals surface area contributed by atoms with Gasteiger partial charge in [0.15, 0.2) is 0 Å². The molecule has 0 aromatic rings. The average molecular weight is 531 g/mol. The van der Waals surface area contributed by atoms with Crippen LogP contribution in [0.25, 0.3) is 0 Å². The summed E-state index contributed by atoms with van der Waals surface area (Å²) >= 11 is 1.63. The number of carbonyl (C=O) groups excluding carboxylic acids is 2. The van der Waals surface area contributed by atoms with Crippen molar-refractivity contribution in [1.29, 1.82) is 0 Å². The third-order valence-electron chi connectivity index (χ3n) is 6.42. The molecule has 0 saturated carbocycles. The van der Waals surface area contributed by atoms with Crippen LogP contribution in [-0.4, -0.2) is 36.7 Å². The van der Waals surface area contributed by atoms with Crippen LogP contribution in [0.4, 0.5) is 0 Å². The lowest BCUT2D eigenvalue weighted by Crippen LogP contribution is -2.09. The Kier molecular flexibility index (Phi) is 33.6. The fourth-order valence-electron chi connectivity index (χ4n) is 4.11. The third kappa shape index (κ3) is 31.3. The predicted molar refractivity (Wildman–Crippen MR) is 159 cm³/mol. The fourth-order valence-corrected chi connectivity index (χ4v) is 4.93. The topological polar surface area (TPSA) is 52.6 Å². The van der Waals surface area contributed by atoms with Gasteiger partial charge in [-0.3, -0.25) is 9.59 Å². The summed E-state index contributed by atoms with van der Waals surface area (Å²) in [5, 5.41) is 0. The molecule has 0 spiro atoms. The molecule has 0 heterocycles. The van der Waals surface area contributed by atoms with E-state index in [4.69, 9.17) is 9.47 Å². The summed E-state index contributed by atoms with van der Waals surface area (Å²) in [6.45, 7) is 5.60. The summed E-state index contributed by atoms with van der Waals surface area (Å²) < 4.78 is 10.6. The molecule has 4 nitrogen and oxygen atoms in total. The Balaban J connectivity index is 0. The number of rotatable bonds is 28. The average Bonchev–Trinajstić information content (AvgIpc) is 2.85. The van der Waals surface area contributed by atoms with E-state index in [0.717, 1.165) is 25.7 Å². The summed E-state index contributed by atoms with van der Waals surface area (Å²) in [4.78, 5) is 23.6. The molecule has 0 amide bonds. The molecule has 0 saturated heterocycles. The van der Waals surface area contributed by atoms with E-state index < -0.39 is 0 Å². The zero-order valence-corrected chi connectivity index (χ0v) is 24.2. The van der Waals surface area contributed by atoms with Crippen LogP contribution in [-0.2, 0) is 19.1 Å². The Bertz CT molecular complexity index is 416. The summed E-state index contributed by atoms with van der Waals surface area (Å²) in [7, 11) is 0. The molecule has 36 heavy (non-hydrogen) atoms. The van der Waals surface area contributed by atoms with Gasteiger partial charge in [-0.15, -0.1) is 0 Å². The van der Waals surface area contributed by atoms with Crippen molar-refractivity contribution < 1.29 is 19.1 Å². The van der Waals surface area contributed by atoms with Crippen molar-refractivity contribution in [2.24, 2.45) is 0 Å². The van der Waals surface area contributed by atoms with Gasteiger partial charge in [0.25, 0.3) is 0 Å². The normalized spacial score (nSPS) is 10.7. The largest absolute Gasteiger partial charge is 0.466 e. The van der Waals surface area contributed by atoms with E-state index in [2.05, 4.69) is 13.8 Å². The summed E-state index contributed by atoms with van der Waals surface area (Å²) in [5.74, 6) is 1.19. The van der Waals surface area contributed by atoms with Gasteiger partial charge >= 0.3 is 11.9 Å². The summed E-state index contributed by atoms with van der Waals surface area (Å²) in [6.07, 6.45) is 26.5. The molecule has 0 bridgehead atoms. The minimum Gasteiger partial charge on any atom is -0.466 e. The third-order valence-corrected chi connectivity index (χ3v) is 7.41. The maximum absolute atomic E-state index is 11.8. The second-order valence-electron chi connectivity index (χ2n) is 9.92. The van der Waals surface area contributed by atoms with Crippen molar-refractivity contribution in [3.05, 3.63) is 0 Å². The number of hydrogen-bond donors (Lipinski definition) is 0. The highest BCUT2D eigenvalue weighted by Crippen LogP contribution is 2.12. The standard InChI is InChI=1S/C30H58O4S.CH4/c1-3-5-7-9-11-13-15-17-19-21-25-33-29(31)23-27-35-28-24-30(32)34-26-22-20-18-16-14-12-10-8-6-4-2;/h3-28H2,1-2H3;1H4. The van der Waals surface area contributed by atoms with Crippen LogP contribution in [0.1, 0.15) is 163 Å². The van der Waals surface area contributed by atoms with Gasteiger partial charge in [-0.2, -0.15) is 11.8 Å². The second-order valence-corrected chi connectivity index (χ2v) is 11.1. The van der Waals surface area contributed by atoms with E-state index in [9.17, 15) is 9.59 Å². The van der Waals surface area contributed by atoms with Gasteiger partial charge in [0, 0.05) is 11.5 Å². The highest BCUT2D eigenvalue weighted by molar-refractivity contribution is 7.99. The quantitative estimate of drug-likeness (QED) is 0.0744. The van der Waals surface area contributed by atoms with Crippen LogP contribution < -0.4 is 0 Å². The van der Waals surface area contributed by atoms with Gasteiger partial charge in [-0.1, -0.05) is 137 Å². The van der Waals surface area contributed by atoms with E-state index >= 15 is 0 Å². The maximum atomic E-state index is 11.8. The van der Waals surface area contributed by atoms with Gasteiger partial charge in [0.05, 0.1) is 26.1 Å². The van der Waals surface area contributed by atoms with E-state index in [-0.39, 0.29) is 19.4 Å². The number of unbranched alkanes of at least 4 members (excludes halogenated alkanes) is 18. The van der Waals surface area contributed by atoms with Crippen LogP contribution in [0.15, 0.2) is 0 Å². The molecule has 0 aliphatic heterocycles. The molecule has 0 aromatic carbocycles. The van der Waals surface area contributed by atoms with Crippen molar-refractivity contribution in [1.82, 2.24) is 0 Å². The first kappa shape index (κ1) is 37.4. The Morgan fingerprint density at radius 3 is 1.06 bits per heavy atom. The lowest BCUT2D eigenvalue weighted by molar-refractivity contribution is -0.144. The molecule has 0 atom stereocenters. The van der Waals surface area contributed by atoms with E-state index in [1.165, 1.54) is 103 Å². The molecular formula is C31H62O4S. The monoisotopic (exact) mass is 530 g/mol. The number of hydrogen-bond acceptors (Lipinski definition) is 5. The molecule has 0 aliphatic carbocycles. The maximum Gasteiger partial charge on any atom is 0.306 e. The van der Waals surface area contributed by atoms with Crippen molar-refractivity contribution in [2.45, 2.75) is 163 Å². The molecule has 0 aromatic heterocycles. The van der Waals surface area contributed by atoms with Crippen LogP contribution in [0, 0.1) is 0 Å². The van der Waals surface area contributed by atoms with Crippen LogP contribution >= 0.6 is 11.8 Å². The van der Waals surface area contributed by atoms with Gasteiger partial charge in [-0.25, -0.2) is 0 Å². The Labute approximate surface area is 229 Å². The van der Waals surface area contributed by atoms with Crippen molar-refractivity contribution in [3.63, 3.8) is 0 Å². The fraction of sp³-hybridized carbons (Fsp3) is 0.935. The molecule has 0 rings (SSSR count). The smallest absolute Gasteiger partial charge is 0.306 e. The van der Waals surface area contributed by atoms with Gasteiger partial charge < -0.3 is 9.47 Å². The summed E-state index contributed by atoms with van der Waals surface area (Å²) in [5.41, 5.74) is 0. The predicted octanol–water partition coefficient (Wildman–Crippen LogP) is 10.1.